The average Bonchev–Trinajstić information content (AvgIpc) is 3.33. The number of nitrogens with one attached hydrogen (secondary N) is 1. The molecule has 2 aromatic rings. The van der Waals surface area contributed by atoms with Crippen LogP contribution in [-0.2, 0) is 10.0 Å². The van der Waals surface area contributed by atoms with Crippen LogP contribution in [0.25, 0.3) is 0 Å². The van der Waals surface area contributed by atoms with E-state index in [1.54, 1.807) is 6.07 Å². The van der Waals surface area contributed by atoms with E-state index >= 15 is 0 Å². The number of benzene rings is 2. The highest BCUT2D eigenvalue weighted by molar-refractivity contribution is 7.89. The highest BCUT2D eigenvalue weighted by Gasteiger charge is 2.38. The molecule has 0 aliphatic carbocycles. The van der Waals surface area contributed by atoms with Crippen LogP contribution in [0.4, 0.5) is 0 Å². The molecule has 5 rings (SSSR count). The second kappa shape index (κ2) is 6.57. The smallest absolute Gasteiger partial charge is 0.258 e. The lowest BCUT2D eigenvalue weighted by Crippen LogP contribution is -2.31. The van der Waals surface area contributed by atoms with E-state index in [4.69, 9.17) is 9.47 Å². The van der Waals surface area contributed by atoms with Crippen molar-refractivity contribution in [1.29, 1.82) is 0 Å². The maximum Gasteiger partial charge on any atom is 0.258 e. The van der Waals surface area contributed by atoms with Gasteiger partial charge in [-0.1, -0.05) is 6.07 Å². The number of amides is 2. The molecule has 1 saturated heterocycles. The largest absolute Gasteiger partial charge is 0.486 e. The molecule has 2 amide bonds. The van der Waals surface area contributed by atoms with E-state index in [9.17, 15) is 18.0 Å². The summed E-state index contributed by atoms with van der Waals surface area (Å²) in [7, 11) is -3.85. The molecular formula is C20H18N2O6S. The number of hydrogen-bond acceptors (Lipinski definition) is 6. The van der Waals surface area contributed by atoms with E-state index in [0.717, 1.165) is 12.0 Å². The summed E-state index contributed by atoms with van der Waals surface area (Å²) in [5.74, 6) is 0.184. The van der Waals surface area contributed by atoms with Gasteiger partial charge in [0.2, 0.25) is 10.0 Å². The second-order valence-electron chi connectivity index (χ2n) is 7.17. The first-order valence-corrected chi connectivity index (χ1v) is 10.8. The van der Waals surface area contributed by atoms with Gasteiger partial charge in [-0.3, -0.25) is 14.9 Å². The fraction of sp³-hybridized carbons (Fsp3) is 0.300. The summed E-state index contributed by atoms with van der Waals surface area (Å²) in [5.41, 5.74) is 1.12. The predicted molar refractivity (Wildman–Crippen MR) is 102 cm³/mol. The van der Waals surface area contributed by atoms with Gasteiger partial charge in [-0.05, 0) is 48.7 Å². The van der Waals surface area contributed by atoms with Gasteiger partial charge in [-0.25, -0.2) is 8.42 Å². The molecule has 3 heterocycles. The Morgan fingerprint density at radius 3 is 2.52 bits per heavy atom. The molecule has 0 aromatic heterocycles. The molecule has 0 bridgehead atoms. The van der Waals surface area contributed by atoms with Gasteiger partial charge in [0.1, 0.15) is 13.2 Å². The Balaban J connectivity index is 1.50. The normalized spacial score (nSPS) is 21.2. The fourth-order valence-corrected chi connectivity index (χ4v) is 5.78. The number of carbonyl (C=O) groups excluding carboxylic acids is 2. The van der Waals surface area contributed by atoms with Crippen LogP contribution in [0, 0.1) is 0 Å². The number of fused-ring (bicyclic) bond motifs is 2. The molecule has 2 aromatic carbocycles. The Bertz CT molecular complexity index is 1140. The van der Waals surface area contributed by atoms with Crippen molar-refractivity contribution >= 4 is 21.8 Å². The molecule has 3 aliphatic rings. The maximum atomic E-state index is 13.3. The molecular weight excluding hydrogens is 396 g/mol. The summed E-state index contributed by atoms with van der Waals surface area (Å²) >= 11 is 0. The number of carbonyl (C=O) groups is 2. The average molecular weight is 414 g/mol. The van der Waals surface area contributed by atoms with E-state index in [1.807, 2.05) is 12.1 Å². The lowest BCUT2D eigenvalue weighted by atomic mass is 10.0. The van der Waals surface area contributed by atoms with Crippen molar-refractivity contribution in [1.82, 2.24) is 9.62 Å². The summed E-state index contributed by atoms with van der Waals surface area (Å²) in [5, 5.41) is 2.18. The minimum Gasteiger partial charge on any atom is -0.486 e. The van der Waals surface area contributed by atoms with Crippen molar-refractivity contribution in [3.63, 3.8) is 0 Å². The molecule has 29 heavy (non-hydrogen) atoms. The quantitative estimate of drug-likeness (QED) is 0.770. The lowest BCUT2D eigenvalue weighted by Gasteiger charge is -2.26. The van der Waals surface area contributed by atoms with Crippen molar-refractivity contribution in [3.05, 3.63) is 53.1 Å². The molecule has 0 saturated carbocycles. The molecule has 1 N–H and O–H groups in total. The monoisotopic (exact) mass is 414 g/mol. The van der Waals surface area contributed by atoms with Gasteiger partial charge < -0.3 is 9.47 Å². The zero-order valence-corrected chi connectivity index (χ0v) is 16.2. The Labute approximate surface area is 167 Å². The van der Waals surface area contributed by atoms with Gasteiger partial charge in [-0.15, -0.1) is 0 Å². The number of sulfonamides is 1. The molecule has 0 radical (unpaired) electrons. The molecule has 1 fully saturated rings. The molecule has 8 nitrogen and oxygen atoms in total. The van der Waals surface area contributed by atoms with Gasteiger partial charge in [0.05, 0.1) is 22.1 Å². The Kier molecular flexibility index (Phi) is 4.11. The van der Waals surface area contributed by atoms with E-state index in [0.29, 0.717) is 37.7 Å². The Hall–Kier alpha value is -2.91. The zero-order chi connectivity index (χ0) is 20.2. The number of rotatable bonds is 3. The van der Waals surface area contributed by atoms with E-state index in [-0.39, 0.29) is 22.1 Å². The van der Waals surface area contributed by atoms with Crippen LogP contribution in [0.3, 0.4) is 0 Å². The fourth-order valence-electron chi connectivity index (χ4n) is 4.07. The van der Waals surface area contributed by atoms with Gasteiger partial charge in [0.25, 0.3) is 11.8 Å². The van der Waals surface area contributed by atoms with Gasteiger partial charge in [0, 0.05) is 6.54 Å². The minimum atomic E-state index is -3.85. The van der Waals surface area contributed by atoms with E-state index in [2.05, 4.69) is 5.32 Å². The third-order valence-electron chi connectivity index (χ3n) is 5.47. The van der Waals surface area contributed by atoms with Crippen LogP contribution in [-0.4, -0.2) is 44.3 Å². The van der Waals surface area contributed by atoms with Crippen LogP contribution in [0.15, 0.2) is 41.3 Å². The van der Waals surface area contributed by atoms with Crippen LogP contribution in [0.1, 0.15) is 45.2 Å². The third-order valence-corrected chi connectivity index (χ3v) is 7.37. The van der Waals surface area contributed by atoms with Gasteiger partial charge in [0.15, 0.2) is 11.5 Å². The zero-order valence-electron chi connectivity index (χ0n) is 15.4. The van der Waals surface area contributed by atoms with Crippen molar-refractivity contribution in [2.75, 3.05) is 19.8 Å². The SMILES string of the molecule is O=C1NC(=O)c2cc(S(=O)(=O)N3CCCC3c3ccc4c(c3)OCCO4)ccc21. The first-order valence-electron chi connectivity index (χ1n) is 9.36. The lowest BCUT2D eigenvalue weighted by molar-refractivity contribution is 0.0879. The van der Waals surface area contributed by atoms with Gasteiger partial charge >= 0.3 is 0 Å². The summed E-state index contributed by atoms with van der Waals surface area (Å²) in [6.07, 6.45) is 1.41. The standard InChI is InChI=1S/C20H18N2O6S/c23-19-14-5-4-13(11-15(14)20(24)21-19)29(25,26)22-7-1-2-16(22)12-3-6-17-18(10-12)28-9-8-27-17/h3-6,10-11,16H,1-2,7-9H2,(H,21,23,24). The number of imide groups is 1. The molecule has 150 valence electrons. The highest BCUT2D eigenvalue weighted by atomic mass is 32.2. The number of nitrogens with zero attached hydrogens (tertiary/aromatic N) is 1. The van der Waals surface area contributed by atoms with Crippen molar-refractivity contribution in [2.24, 2.45) is 0 Å². The molecule has 3 aliphatic heterocycles. The number of ether oxygens (including phenoxy) is 2. The Morgan fingerprint density at radius 1 is 0.931 bits per heavy atom. The van der Waals surface area contributed by atoms with Crippen LogP contribution in [0.2, 0.25) is 0 Å². The third kappa shape index (κ3) is 2.89. The minimum absolute atomic E-state index is 0.00513. The summed E-state index contributed by atoms with van der Waals surface area (Å²) < 4.78 is 39.3. The summed E-state index contributed by atoms with van der Waals surface area (Å²) in [4.78, 5) is 23.7. The first-order chi connectivity index (χ1) is 13.9. The van der Waals surface area contributed by atoms with Crippen molar-refractivity contribution in [3.8, 4) is 11.5 Å². The van der Waals surface area contributed by atoms with Crippen LogP contribution in [0.5, 0.6) is 11.5 Å². The maximum absolute atomic E-state index is 13.3. The number of hydrogen-bond donors (Lipinski definition) is 1. The van der Waals surface area contributed by atoms with Crippen LogP contribution < -0.4 is 14.8 Å². The highest BCUT2D eigenvalue weighted by Crippen LogP contribution is 2.40. The van der Waals surface area contributed by atoms with E-state index < -0.39 is 21.8 Å². The first kappa shape index (κ1) is 18.1. The van der Waals surface area contributed by atoms with Crippen LogP contribution >= 0.6 is 0 Å². The summed E-state index contributed by atoms with van der Waals surface area (Å²) in [6.45, 7) is 1.33. The molecule has 0 spiro atoms. The molecule has 1 unspecified atom stereocenters. The molecule has 1 atom stereocenters. The Morgan fingerprint density at radius 2 is 1.69 bits per heavy atom. The topological polar surface area (TPSA) is 102 Å². The summed E-state index contributed by atoms with van der Waals surface area (Å²) in [6, 6.07) is 9.22. The van der Waals surface area contributed by atoms with E-state index in [1.165, 1.54) is 22.5 Å². The molecule has 9 heteroatoms. The van der Waals surface area contributed by atoms with Crippen molar-refractivity contribution in [2.45, 2.75) is 23.8 Å². The predicted octanol–water partition coefficient (Wildman–Crippen LogP) is 1.87. The van der Waals surface area contributed by atoms with Gasteiger partial charge in [-0.2, -0.15) is 4.31 Å². The van der Waals surface area contributed by atoms with Crippen molar-refractivity contribution < 1.29 is 27.5 Å². The second-order valence-corrected chi connectivity index (χ2v) is 9.06.